The van der Waals surface area contributed by atoms with Crippen LogP contribution >= 0.6 is 0 Å². The van der Waals surface area contributed by atoms with E-state index in [-0.39, 0.29) is 5.92 Å². The minimum absolute atomic E-state index is 0.244. The van der Waals surface area contributed by atoms with Crippen LogP contribution in [0, 0.1) is 5.92 Å². The highest BCUT2D eigenvalue weighted by atomic mass is 16.5. The number of allylic oxidation sites excluding steroid dienone is 2. The van der Waals surface area contributed by atoms with Gasteiger partial charge in [0.25, 0.3) is 0 Å². The van der Waals surface area contributed by atoms with Gasteiger partial charge in [0.2, 0.25) is 0 Å². The molecule has 11 heavy (non-hydrogen) atoms. The Morgan fingerprint density at radius 2 is 2.45 bits per heavy atom. The lowest BCUT2D eigenvalue weighted by Crippen LogP contribution is -2.14. The molecule has 2 heteroatoms. The number of carbonyl (C=O) groups excluding carboxylic acids is 1. The monoisotopic (exact) mass is 154 g/mol. The van der Waals surface area contributed by atoms with Crippen LogP contribution in [0.25, 0.3) is 0 Å². The van der Waals surface area contributed by atoms with Crippen molar-refractivity contribution in [3.05, 3.63) is 11.8 Å². The highest BCUT2D eigenvalue weighted by Crippen LogP contribution is 2.23. The number of Topliss-reactive ketones (excluding diaryl/α,β-unsaturated/α-hetero) is 1. The summed E-state index contributed by atoms with van der Waals surface area (Å²) in [6.07, 6.45) is 4.75. The molecule has 0 amide bonds. The summed E-state index contributed by atoms with van der Waals surface area (Å²) in [7, 11) is 1.68. The maximum Gasteiger partial charge on any atom is 0.133 e. The molecule has 2 nitrogen and oxygen atoms in total. The van der Waals surface area contributed by atoms with Crippen LogP contribution in [0.5, 0.6) is 0 Å². The van der Waals surface area contributed by atoms with E-state index in [9.17, 15) is 4.79 Å². The summed E-state index contributed by atoms with van der Waals surface area (Å²) in [6.45, 7) is 1.66. The van der Waals surface area contributed by atoms with Crippen molar-refractivity contribution in [3.63, 3.8) is 0 Å². The van der Waals surface area contributed by atoms with Gasteiger partial charge in [-0.05, 0) is 25.8 Å². The molecular weight excluding hydrogens is 140 g/mol. The summed E-state index contributed by atoms with van der Waals surface area (Å²) in [5.41, 5.74) is 0. The summed E-state index contributed by atoms with van der Waals surface area (Å²) in [5.74, 6) is 1.58. The molecule has 1 aliphatic rings. The number of rotatable bonds is 2. The van der Waals surface area contributed by atoms with E-state index in [1.807, 2.05) is 6.08 Å². The number of methoxy groups -OCH3 is 1. The molecule has 1 atom stereocenters. The molecule has 1 rings (SSSR count). The van der Waals surface area contributed by atoms with Crippen molar-refractivity contribution < 1.29 is 9.53 Å². The van der Waals surface area contributed by atoms with Crippen LogP contribution in [0.4, 0.5) is 0 Å². The maximum absolute atomic E-state index is 10.9. The lowest BCUT2D eigenvalue weighted by molar-refractivity contribution is -0.121. The van der Waals surface area contributed by atoms with Gasteiger partial charge in [0, 0.05) is 12.3 Å². The predicted octanol–water partition coefficient (Wildman–Crippen LogP) is 1.91. The third kappa shape index (κ3) is 2.07. The van der Waals surface area contributed by atoms with Gasteiger partial charge in [-0.25, -0.2) is 0 Å². The molecule has 0 aliphatic heterocycles. The quantitative estimate of drug-likeness (QED) is 0.607. The zero-order valence-corrected chi connectivity index (χ0v) is 7.09. The standard InChI is InChI=1S/C9H14O2/c1-7(10)8-3-5-9(11-2)6-4-8/h5,8H,3-4,6H2,1-2H3. The van der Waals surface area contributed by atoms with Gasteiger partial charge in [0.05, 0.1) is 12.9 Å². The third-order valence-corrected chi connectivity index (χ3v) is 2.21. The van der Waals surface area contributed by atoms with E-state index in [2.05, 4.69) is 0 Å². The van der Waals surface area contributed by atoms with Gasteiger partial charge in [0.1, 0.15) is 5.78 Å². The van der Waals surface area contributed by atoms with E-state index >= 15 is 0 Å². The van der Waals surface area contributed by atoms with E-state index in [0.29, 0.717) is 5.78 Å². The second-order valence-corrected chi connectivity index (χ2v) is 2.96. The minimum Gasteiger partial charge on any atom is -0.501 e. The van der Waals surface area contributed by atoms with Gasteiger partial charge in [-0.3, -0.25) is 4.79 Å². The van der Waals surface area contributed by atoms with Crippen molar-refractivity contribution in [3.8, 4) is 0 Å². The van der Waals surface area contributed by atoms with Gasteiger partial charge in [-0.15, -0.1) is 0 Å². The lowest BCUT2D eigenvalue weighted by atomic mass is 9.90. The van der Waals surface area contributed by atoms with Gasteiger partial charge in [-0.1, -0.05) is 0 Å². The molecule has 1 aliphatic carbocycles. The first-order valence-corrected chi connectivity index (χ1v) is 3.97. The summed E-state index contributed by atoms with van der Waals surface area (Å²) >= 11 is 0. The van der Waals surface area contributed by atoms with E-state index in [1.165, 1.54) is 0 Å². The normalized spacial score (nSPS) is 24.2. The van der Waals surface area contributed by atoms with E-state index in [4.69, 9.17) is 4.74 Å². The molecule has 0 saturated carbocycles. The van der Waals surface area contributed by atoms with Crippen LogP contribution in [-0.4, -0.2) is 12.9 Å². The van der Waals surface area contributed by atoms with Crippen LogP contribution in [0.15, 0.2) is 11.8 Å². The second kappa shape index (κ2) is 3.56. The molecule has 1 unspecified atom stereocenters. The summed E-state index contributed by atoms with van der Waals surface area (Å²) in [5, 5.41) is 0. The van der Waals surface area contributed by atoms with Gasteiger partial charge < -0.3 is 4.74 Å². The summed E-state index contributed by atoms with van der Waals surface area (Å²) in [4.78, 5) is 10.9. The molecule has 0 heterocycles. The molecule has 62 valence electrons. The zero-order valence-electron chi connectivity index (χ0n) is 7.09. The van der Waals surface area contributed by atoms with Gasteiger partial charge in [0.15, 0.2) is 0 Å². The number of hydrogen-bond acceptors (Lipinski definition) is 2. The fourth-order valence-electron chi connectivity index (χ4n) is 1.36. The van der Waals surface area contributed by atoms with Gasteiger partial charge >= 0.3 is 0 Å². The van der Waals surface area contributed by atoms with Crippen LogP contribution in [0.1, 0.15) is 26.2 Å². The van der Waals surface area contributed by atoms with Crippen molar-refractivity contribution in [2.24, 2.45) is 5.92 Å². The third-order valence-electron chi connectivity index (χ3n) is 2.21. The molecule has 0 N–H and O–H groups in total. The van der Waals surface area contributed by atoms with Crippen LogP contribution in [0.3, 0.4) is 0 Å². The fraction of sp³-hybridized carbons (Fsp3) is 0.667. The van der Waals surface area contributed by atoms with Crippen molar-refractivity contribution in [2.45, 2.75) is 26.2 Å². The highest BCUT2D eigenvalue weighted by molar-refractivity contribution is 5.78. The average molecular weight is 154 g/mol. The number of hydrogen-bond donors (Lipinski definition) is 0. The zero-order chi connectivity index (χ0) is 8.27. The SMILES string of the molecule is COC1=CCC(C(C)=O)CC1. The van der Waals surface area contributed by atoms with Crippen molar-refractivity contribution in [1.29, 1.82) is 0 Å². The second-order valence-electron chi connectivity index (χ2n) is 2.96. The Morgan fingerprint density at radius 3 is 2.82 bits per heavy atom. The van der Waals surface area contributed by atoms with E-state index in [0.717, 1.165) is 25.0 Å². The molecular formula is C9H14O2. The summed E-state index contributed by atoms with van der Waals surface area (Å²) < 4.78 is 5.07. The Hall–Kier alpha value is -0.790. The Balaban J connectivity index is 2.47. The lowest BCUT2D eigenvalue weighted by Gasteiger charge is -2.18. The maximum atomic E-state index is 10.9. The van der Waals surface area contributed by atoms with Crippen molar-refractivity contribution in [2.75, 3.05) is 7.11 Å². The first kappa shape index (κ1) is 8.31. The van der Waals surface area contributed by atoms with Gasteiger partial charge in [-0.2, -0.15) is 0 Å². The van der Waals surface area contributed by atoms with Crippen LogP contribution in [0.2, 0.25) is 0 Å². The van der Waals surface area contributed by atoms with E-state index < -0.39 is 0 Å². The minimum atomic E-state index is 0.244. The molecule has 0 bridgehead atoms. The molecule has 0 aromatic heterocycles. The Kier molecular flexibility index (Phi) is 2.69. The first-order chi connectivity index (χ1) is 5.24. The van der Waals surface area contributed by atoms with Crippen molar-refractivity contribution >= 4 is 5.78 Å². The Bertz CT molecular complexity index is 182. The molecule has 0 aromatic rings. The average Bonchev–Trinajstić information content (AvgIpc) is 2.05. The topological polar surface area (TPSA) is 26.3 Å². The first-order valence-electron chi connectivity index (χ1n) is 3.97. The highest BCUT2D eigenvalue weighted by Gasteiger charge is 2.17. The largest absolute Gasteiger partial charge is 0.501 e. The number of ketones is 1. The van der Waals surface area contributed by atoms with Crippen molar-refractivity contribution in [1.82, 2.24) is 0 Å². The Morgan fingerprint density at radius 1 is 1.73 bits per heavy atom. The van der Waals surface area contributed by atoms with Crippen LogP contribution < -0.4 is 0 Å². The summed E-state index contributed by atoms with van der Waals surface area (Å²) in [6, 6.07) is 0. The molecule has 0 spiro atoms. The predicted molar refractivity (Wildman–Crippen MR) is 43.1 cm³/mol. The molecule has 0 fully saturated rings. The molecule has 0 radical (unpaired) electrons. The Labute approximate surface area is 67.2 Å². The smallest absolute Gasteiger partial charge is 0.133 e. The number of carbonyl (C=O) groups is 1. The molecule has 0 aromatic carbocycles. The van der Waals surface area contributed by atoms with E-state index in [1.54, 1.807) is 14.0 Å². The molecule has 0 saturated heterocycles. The van der Waals surface area contributed by atoms with Crippen LogP contribution in [-0.2, 0) is 9.53 Å². The fourth-order valence-corrected chi connectivity index (χ4v) is 1.36. The number of ether oxygens (including phenoxy) is 1.